The average molecular weight is 366 g/mol. The molecule has 138 valence electrons. The van der Waals surface area contributed by atoms with Crippen LogP contribution in [0.5, 0.6) is 0 Å². The van der Waals surface area contributed by atoms with Gasteiger partial charge in [0, 0.05) is 24.2 Å². The third-order valence-corrected chi connectivity index (χ3v) is 5.15. The van der Waals surface area contributed by atoms with E-state index < -0.39 is 0 Å². The normalized spacial score (nSPS) is 15.6. The van der Waals surface area contributed by atoms with Gasteiger partial charge >= 0.3 is 0 Å². The van der Waals surface area contributed by atoms with E-state index in [9.17, 15) is 0 Å². The Balaban J connectivity index is 1.49. The molecule has 2 aliphatic rings. The first-order valence-electron chi connectivity index (χ1n) is 9.75. The highest BCUT2D eigenvalue weighted by Crippen LogP contribution is 2.28. The zero-order valence-electron chi connectivity index (χ0n) is 15.7. The van der Waals surface area contributed by atoms with Gasteiger partial charge in [-0.15, -0.1) is 0 Å². The van der Waals surface area contributed by atoms with Crippen LogP contribution in [0.15, 0.2) is 82.8 Å². The minimum atomic E-state index is 0.853. The number of hydrogen-bond donors (Lipinski definition) is 2. The van der Waals surface area contributed by atoms with Crippen LogP contribution in [0.2, 0.25) is 0 Å². The summed E-state index contributed by atoms with van der Waals surface area (Å²) in [4.78, 5) is 9.08. The van der Waals surface area contributed by atoms with E-state index in [4.69, 9.17) is 0 Å². The quantitative estimate of drug-likeness (QED) is 0.739. The van der Waals surface area contributed by atoms with Crippen molar-refractivity contribution in [3.05, 3.63) is 83.9 Å². The van der Waals surface area contributed by atoms with Crippen molar-refractivity contribution in [2.45, 2.75) is 0 Å². The maximum absolute atomic E-state index is 4.54. The van der Waals surface area contributed by atoms with Crippen LogP contribution < -0.4 is 10.6 Å². The summed E-state index contributed by atoms with van der Waals surface area (Å²) in [5, 5.41) is 6.71. The van der Waals surface area contributed by atoms with Gasteiger partial charge in [0.05, 0.1) is 13.1 Å². The molecule has 0 amide bonds. The molecule has 0 aliphatic carbocycles. The summed E-state index contributed by atoms with van der Waals surface area (Å²) < 4.78 is 0. The Morgan fingerprint density at radius 2 is 0.857 bits per heavy atom. The van der Waals surface area contributed by atoms with Gasteiger partial charge in [-0.1, -0.05) is 54.6 Å². The van der Waals surface area contributed by atoms with Crippen molar-refractivity contribution in [3.63, 3.8) is 0 Å². The second kappa shape index (κ2) is 7.31. The van der Waals surface area contributed by atoms with Gasteiger partial charge in [-0.2, -0.15) is 0 Å². The van der Waals surface area contributed by atoms with Crippen molar-refractivity contribution >= 4 is 11.7 Å². The zero-order chi connectivity index (χ0) is 18.8. The van der Waals surface area contributed by atoms with Gasteiger partial charge in [0.15, 0.2) is 0 Å². The Morgan fingerprint density at radius 3 is 1.21 bits per heavy atom. The summed E-state index contributed by atoms with van der Waals surface area (Å²) in [5.41, 5.74) is 7.11. The largest absolute Gasteiger partial charge is 0.368 e. The Bertz CT molecular complexity index is 998. The molecule has 0 unspecified atom stereocenters. The summed E-state index contributed by atoms with van der Waals surface area (Å²) in [5.74, 6) is 1.99. The van der Waals surface area contributed by atoms with E-state index in [0.717, 1.165) is 49.0 Å². The highest BCUT2D eigenvalue weighted by Gasteiger charge is 2.11. The highest BCUT2D eigenvalue weighted by molar-refractivity contribution is 6.01. The molecule has 0 bridgehead atoms. The molecular formula is C24H22N4. The van der Waals surface area contributed by atoms with E-state index in [0.29, 0.717) is 0 Å². The molecule has 4 heteroatoms. The second-order valence-electron chi connectivity index (χ2n) is 7.06. The van der Waals surface area contributed by atoms with Gasteiger partial charge in [0.1, 0.15) is 11.7 Å². The van der Waals surface area contributed by atoms with Gasteiger partial charge < -0.3 is 10.6 Å². The fraction of sp³-hybridized carbons (Fsp3) is 0.167. The van der Waals surface area contributed by atoms with Crippen LogP contribution in [0.1, 0.15) is 11.1 Å². The molecule has 0 spiro atoms. The van der Waals surface area contributed by atoms with Gasteiger partial charge in [-0.05, 0) is 40.5 Å². The Morgan fingerprint density at radius 1 is 0.500 bits per heavy atom. The van der Waals surface area contributed by atoms with Crippen LogP contribution in [0, 0.1) is 0 Å². The highest BCUT2D eigenvalue weighted by atomic mass is 15.1. The number of aliphatic imine (C=N–C) groups is 2. The van der Waals surface area contributed by atoms with Crippen LogP contribution in [0.3, 0.4) is 0 Å². The van der Waals surface area contributed by atoms with Crippen molar-refractivity contribution in [1.29, 1.82) is 0 Å². The number of hydrogen-bond acceptors (Lipinski definition) is 4. The van der Waals surface area contributed by atoms with Crippen LogP contribution in [0.25, 0.3) is 22.3 Å². The molecule has 2 aliphatic heterocycles. The Kier molecular flexibility index (Phi) is 4.37. The molecule has 0 aromatic heterocycles. The molecule has 0 saturated heterocycles. The van der Waals surface area contributed by atoms with Crippen molar-refractivity contribution in [3.8, 4) is 22.3 Å². The molecule has 3 aromatic rings. The summed E-state index contributed by atoms with van der Waals surface area (Å²) in [6.45, 7) is 3.55. The fourth-order valence-corrected chi connectivity index (χ4v) is 3.75. The Labute approximate surface area is 165 Å². The zero-order valence-corrected chi connectivity index (χ0v) is 15.7. The van der Waals surface area contributed by atoms with E-state index in [1.807, 2.05) is 0 Å². The summed E-state index contributed by atoms with van der Waals surface area (Å²) in [7, 11) is 0. The van der Waals surface area contributed by atoms with Gasteiger partial charge in [-0.25, -0.2) is 0 Å². The SMILES string of the molecule is c1cc(C2=NCCN2)cc(-c2cccc(-c3cccc(C4=NCCN4)c3)c2)c1. The molecule has 2 heterocycles. The lowest BCUT2D eigenvalue weighted by molar-refractivity contribution is 0.960. The molecule has 3 aromatic carbocycles. The number of amidine groups is 2. The van der Waals surface area contributed by atoms with Crippen molar-refractivity contribution in [1.82, 2.24) is 10.6 Å². The molecular weight excluding hydrogens is 344 g/mol. The maximum atomic E-state index is 4.54. The van der Waals surface area contributed by atoms with Crippen molar-refractivity contribution in [2.75, 3.05) is 26.2 Å². The number of rotatable bonds is 4. The predicted molar refractivity (Wildman–Crippen MR) is 116 cm³/mol. The third kappa shape index (κ3) is 3.29. The smallest absolute Gasteiger partial charge is 0.128 e. The van der Waals surface area contributed by atoms with Crippen LogP contribution in [-0.2, 0) is 0 Å². The van der Waals surface area contributed by atoms with E-state index in [1.165, 1.54) is 22.3 Å². The van der Waals surface area contributed by atoms with Gasteiger partial charge in [-0.3, -0.25) is 9.98 Å². The lowest BCUT2D eigenvalue weighted by Crippen LogP contribution is -2.19. The Hall–Kier alpha value is -3.40. The summed E-state index contributed by atoms with van der Waals surface area (Å²) in [6, 6.07) is 25.9. The van der Waals surface area contributed by atoms with Crippen LogP contribution in [-0.4, -0.2) is 37.9 Å². The van der Waals surface area contributed by atoms with E-state index in [2.05, 4.69) is 93.4 Å². The van der Waals surface area contributed by atoms with Crippen molar-refractivity contribution < 1.29 is 0 Å². The fourth-order valence-electron chi connectivity index (χ4n) is 3.75. The number of nitrogens with zero attached hydrogens (tertiary/aromatic N) is 2. The molecule has 0 saturated carbocycles. The first-order valence-corrected chi connectivity index (χ1v) is 9.75. The summed E-state index contributed by atoms with van der Waals surface area (Å²) in [6.07, 6.45) is 0. The molecule has 5 rings (SSSR count). The molecule has 0 fully saturated rings. The summed E-state index contributed by atoms with van der Waals surface area (Å²) >= 11 is 0. The average Bonchev–Trinajstić information content (AvgIpc) is 3.48. The van der Waals surface area contributed by atoms with Gasteiger partial charge in [0.25, 0.3) is 0 Å². The minimum absolute atomic E-state index is 0.853. The lowest BCUT2D eigenvalue weighted by Gasteiger charge is -2.10. The van der Waals surface area contributed by atoms with E-state index in [-0.39, 0.29) is 0 Å². The standard InChI is InChI=1S/C24H22N4/c1-4-17(19-6-2-8-21(15-19)23-25-10-11-26-23)14-18(5-1)20-7-3-9-22(16-20)24-27-12-13-28-24/h1-9,14-16H,10-13H2,(H,25,26)(H,27,28). The molecule has 2 N–H and O–H groups in total. The van der Waals surface area contributed by atoms with E-state index >= 15 is 0 Å². The minimum Gasteiger partial charge on any atom is -0.368 e. The second-order valence-corrected chi connectivity index (χ2v) is 7.06. The first-order chi connectivity index (χ1) is 13.9. The topological polar surface area (TPSA) is 48.8 Å². The third-order valence-electron chi connectivity index (χ3n) is 5.15. The maximum Gasteiger partial charge on any atom is 0.128 e. The number of benzene rings is 3. The first kappa shape index (κ1) is 16.8. The molecule has 0 radical (unpaired) electrons. The predicted octanol–water partition coefficient (Wildman–Crippen LogP) is 3.72. The monoisotopic (exact) mass is 366 g/mol. The van der Waals surface area contributed by atoms with E-state index in [1.54, 1.807) is 0 Å². The molecule has 28 heavy (non-hydrogen) atoms. The van der Waals surface area contributed by atoms with Crippen molar-refractivity contribution in [2.24, 2.45) is 9.98 Å². The van der Waals surface area contributed by atoms with Crippen LogP contribution >= 0.6 is 0 Å². The molecule has 0 atom stereocenters. The lowest BCUT2D eigenvalue weighted by atomic mass is 9.97. The van der Waals surface area contributed by atoms with Gasteiger partial charge in [0.2, 0.25) is 0 Å². The molecule has 4 nitrogen and oxygen atoms in total. The number of nitrogens with one attached hydrogen (secondary N) is 2. The van der Waals surface area contributed by atoms with Crippen LogP contribution in [0.4, 0.5) is 0 Å².